The molecule has 2 fully saturated rings. The summed E-state index contributed by atoms with van der Waals surface area (Å²) in [5, 5.41) is 4.04. The monoisotopic (exact) mass is 398 g/mol. The summed E-state index contributed by atoms with van der Waals surface area (Å²) in [5.74, 6) is 0.861. The average Bonchev–Trinajstić information content (AvgIpc) is 2.94. The van der Waals surface area contributed by atoms with Crippen LogP contribution in [0.1, 0.15) is 49.1 Å². The maximum Gasteiger partial charge on any atom is 0.211 e. The van der Waals surface area contributed by atoms with Crippen molar-refractivity contribution in [3.05, 3.63) is 17.0 Å². The first-order valence-electron chi connectivity index (χ1n) is 10.2. The Morgan fingerprint density at radius 3 is 2.44 bits per heavy atom. The number of sulfonamides is 1. The summed E-state index contributed by atoms with van der Waals surface area (Å²) in [6.45, 7) is 10.1. The van der Waals surface area contributed by atoms with Gasteiger partial charge in [-0.25, -0.2) is 8.42 Å². The number of hydrogen-bond acceptors (Lipinski definition) is 6. The molecule has 0 bridgehead atoms. The minimum absolute atomic E-state index is 0.0546. The zero-order valence-corrected chi connectivity index (χ0v) is 17.8. The van der Waals surface area contributed by atoms with Gasteiger partial charge in [-0.05, 0) is 59.2 Å². The number of aromatic nitrogens is 1. The highest BCUT2D eigenvalue weighted by molar-refractivity contribution is 7.88. The lowest BCUT2D eigenvalue weighted by atomic mass is 10.0. The van der Waals surface area contributed by atoms with Gasteiger partial charge in [0, 0.05) is 37.8 Å². The molecule has 27 heavy (non-hydrogen) atoms. The van der Waals surface area contributed by atoms with Crippen molar-refractivity contribution in [2.24, 2.45) is 0 Å². The number of likely N-dealkylation sites (tertiary alicyclic amines) is 2. The molecule has 0 amide bonds. The lowest BCUT2D eigenvalue weighted by molar-refractivity contribution is 0.129. The van der Waals surface area contributed by atoms with E-state index in [1.165, 1.54) is 25.5 Å². The summed E-state index contributed by atoms with van der Waals surface area (Å²) < 4.78 is 32.0. The van der Waals surface area contributed by atoms with Gasteiger partial charge in [-0.15, -0.1) is 0 Å². The van der Waals surface area contributed by atoms with Gasteiger partial charge in [0.2, 0.25) is 10.0 Å². The van der Waals surface area contributed by atoms with Crippen LogP contribution in [0.3, 0.4) is 0 Å². The Balaban J connectivity index is 1.63. The number of aryl methyl sites for hydroxylation is 2. The van der Waals surface area contributed by atoms with E-state index in [0.29, 0.717) is 6.54 Å². The van der Waals surface area contributed by atoms with E-state index in [0.717, 1.165) is 69.1 Å². The Morgan fingerprint density at radius 2 is 1.81 bits per heavy atom. The summed E-state index contributed by atoms with van der Waals surface area (Å²) in [7, 11) is -3.22. The molecule has 0 aliphatic carbocycles. The minimum Gasteiger partial charge on any atom is -0.361 e. The number of hydrogen-bond donors (Lipinski definition) is 0. The molecule has 0 saturated carbocycles. The molecule has 0 radical (unpaired) electrons. The van der Waals surface area contributed by atoms with Gasteiger partial charge in [0.05, 0.1) is 11.9 Å². The molecule has 0 spiro atoms. The van der Waals surface area contributed by atoms with Gasteiger partial charge in [-0.2, -0.15) is 4.31 Å². The van der Waals surface area contributed by atoms with Gasteiger partial charge in [0.1, 0.15) is 5.76 Å². The Bertz CT molecular complexity index is 693. The van der Waals surface area contributed by atoms with Gasteiger partial charge >= 0.3 is 0 Å². The summed E-state index contributed by atoms with van der Waals surface area (Å²) in [5.41, 5.74) is 2.06. The largest absolute Gasteiger partial charge is 0.361 e. The molecule has 0 N–H and O–H groups in total. The molecule has 0 aromatic carbocycles. The van der Waals surface area contributed by atoms with E-state index in [2.05, 4.69) is 15.0 Å². The van der Waals surface area contributed by atoms with Gasteiger partial charge in [-0.3, -0.25) is 4.90 Å². The molecule has 1 aromatic heterocycles. The predicted molar refractivity (Wildman–Crippen MR) is 106 cm³/mol. The molecule has 1 aromatic rings. The van der Waals surface area contributed by atoms with Crippen molar-refractivity contribution < 1.29 is 12.9 Å². The molecule has 8 heteroatoms. The molecule has 2 aliphatic rings. The van der Waals surface area contributed by atoms with E-state index in [1.54, 1.807) is 4.31 Å². The molecule has 2 aliphatic heterocycles. The Kier molecular flexibility index (Phi) is 6.94. The van der Waals surface area contributed by atoms with Crippen molar-refractivity contribution in [2.45, 2.75) is 58.5 Å². The van der Waals surface area contributed by atoms with Gasteiger partial charge in [0.25, 0.3) is 0 Å². The fourth-order valence-electron chi connectivity index (χ4n) is 4.40. The summed E-state index contributed by atoms with van der Waals surface area (Å²) >= 11 is 0. The third-order valence-electron chi connectivity index (χ3n) is 5.96. The molecule has 3 heterocycles. The first kappa shape index (κ1) is 20.8. The van der Waals surface area contributed by atoms with Crippen molar-refractivity contribution in [1.82, 2.24) is 19.3 Å². The first-order valence-corrected chi connectivity index (χ1v) is 12.0. The van der Waals surface area contributed by atoms with Gasteiger partial charge < -0.3 is 9.42 Å². The molecular formula is C19H34N4O3S. The van der Waals surface area contributed by atoms with Gasteiger partial charge in [0.15, 0.2) is 0 Å². The molecule has 2 saturated heterocycles. The second-order valence-corrected chi connectivity index (χ2v) is 10.0. The number of rotatable bonds is 7. The van der Waals surface area contributed by atoms with Crippen LogP contribution >= 0.6 is 0 Å². The SMILES string of the molecule is Cc1noc(C)c1CN1CCCC(N(CCN2CCCCC2)S(C)(=O)=O)C1. The fourth-order valence-corrected chi connectivity index (χ4v) is 5.53. The van der Waals surface area contributed by atoms with Crippen LogP contribution in [0.5, 0.6) is 0 Å². The van der Waals surface area contributed by atoms with Crippen LogP contribution < -0.4 is 0 Å². The first-order chi connectivity index (χ1) is 12.8. The lowest BCUT2D eigenvalue weighted by Crippen LogP contribution is -2.51. The topological polar surface area (TPSA) is 69.9 Å². The summed E-state index contributed by atoms with van der Waals surface area (Å²) in [4.78, 5) is 4.76. The van der Waals surface area contributed by atoms with Crippen molar-refractivity contribution in [3.63, 3.8) is 0 Å². The number of piperidine rings is 2. The van der Waals surface area contributed by atoms with E-state index in [9.17, 15) is 8.42 Å². The molecular weight excluding hydrogens is 364 g/mol. The summed E-state index contributed by atoms with van der Waals surface area (Å²) in [6, 6.07) is 0.0546. The van der Waals surface area contributed by atoms with Crippen LogP contribution in [-0.4, -0.2) is 79.2 Å². The van der Waals surface area contributed by atoms with E-state index in [4.69, 9.17) is 4.52 Å². The summed E-state index contributed by atoms with van der Waals surface area (Å²) in [6.07, 6.45) is 7.07. The van der Waals surface area contributed by atoms with E-state index < -0.39 is 10.0 Å². The minimum atomic E-state index is -3.22. The molecule has 3 rings (SSSR count). The van der Waals surface area contributed by atoms with Crippen molar-refractivity contribution >= 4 is 10.0 Å². The Labute approximate surface area is 163 Å². The predicted octanol–water partition coefficient (Wildman–Crippen LogP) is 2.00. The van der Waals surface area contributed by atoms with Crippen LogP contribution in [-0.2, 0) is 16.6 Å². The maximum absolute atomic E-state index is 12.5. The van der Waals surface area contributed by atoms with Crippen molar-refractivity contribution in [3.8, 4) is 0 Å². The van der Waals surface area contributed by atoms with Crippen molar-refractivity contribution in [2.75, 3.05) is 45.5 Å². The third kappa shape index (κ3) is 5.53. The normalized spacial score (nSPS) is 23.2. The van der Waals surface area contributed by atoms with E-state index in [-0.39, 0.29) is 6.04 Å². The van der Waals surface area contributed by atoms with Crippen LogP contribution in [0.4, 0.5) is 0 Å². The zero-order valence-electron chi connectivity index (χ0n) is 17.0. The molecule has 1 atom stereocenters. The molecule has 7 nitrogen and oxygen atoms in total. The molecule has 1 unspecified atom stereocenters. The zero-order chi connectivity index (χ0) is 19.4. The second-order valence-electron chi connectivity index (χ2n) is 8.11. The number of nitrogens with zero attached hydrogens (tertiary/aromatic N) is 4. The Hall–Kier alpha value is -0.960. The second kappa shape index (κ2) is 9.03. The highest BCUT2D eigenvalue weighted by atomic mass is 32.2. The quantitative estimate of drug-likeness (QED) is 0.700. The lowest BCUT2D eigenvalue weighted by Gasteiger charge is -2.39. The standard InChI is InChI=1S/C19H34N4O3S/c1-16-19(17(2)26-20-16)15-22-11-7-8-18(14-22)23(27(3,24)25)13-12-21-9-5-4-6-10-21/h18H,4-15H2,1-3H3. The van der Waals surface area contributed by atoms with Crippen LogP contribution in [0, 0.1) is 13.8 Å². The Morgan fingerprint density at radius 1 is 1.11 bits per heavy atom. The highest BCUT2D eigenvalue weighted by Crippen LogP contribution is 2.22. The van der Waals surface area contributed by atoms with Crippen LogP contribution in [0.2, 0.25) is 0 Å². The van der Waals surface area contributed by atoms with E-state index >= 15 is 0 Å². The smallest absolute Gasteiger partial charge is 0.211 e. The highest BCUT2D eigenvalue weighted by Gasteiger charge is 2.31. The third-order valence-corrected chi connectivity index (χ3v) is 7.29. The fraction of sp³-hybridized carbons (Fsp3) is 0.842. The average molecular weight is 399 g/mol. The van der Waals surface area contributed by atoms with Crippen LogP contribution in [0.15, 0.2) is 4.52 Å². The van der Waals surface area contributed by atoms with Crippen LogP contribution in [0.25, 0.3) is 0 Å². The van der Waals surface area contributed by atoms with Crippen molar-refractivity contribution in [1.29, 1.82) is 0 Å². The maximum atomic E-state index is 12.5. The molecule has 154 valence electrons. The van der Waals surface area contributed by atoms with E-state index in [1.807, 2.05) is 13.8 Å². The van der Waals surface area contributed by atoms with Gasteiger partial charge in [-0.1, -0.05) is 11.6 Å².